The van der Waals surface area contributed by atoms with Gasteiger partial charge in [-0.3, -0.25) is 14.7 Å². The number of ether oxygens (including phenoxy) is 1. The van der Waals surface area contributed by atoms with Gasteiger partial charge in [0.05, 0.1) is 17.9 Å². The molecule has 4 heterocycles. The number of nitrogens with one attached hydrogen (secondary N) is 1. The number of carbonyl (C=O) groups excluding carboxylic acids is 2. The zero-order valence-electron chi connectivity index (χ0n) is 16.4. The van der Waals surface area contributed by atoms with Crippen molar-refractivity contribution in [2.75, 3.05) is 26.2 Å². The molecule has 1 N–H and O–H groups in total. The van der Waals surface area contributed by atoms with E-state index in [9.17, 15) is 9.59 Å². The third-order valence-electron chi connectivity index (χ3n) is 6.24. The lowest BCUT2D eigenvalue weighted by molar-refractivity contribution is -0.134. The lowest BCUT2D eigenvalue weighted by Crippen LogP contribution is -2.44. The second kappa shape index (κ2) is 7.62. The number of nitrogens with zero attached hydrogens (tertiary/aromatic N) is 3. The van der Waals surface area contributed by atoms with Gasteiger partial charge in [-0.1, -0.05) is 0 Å². The second-order valence-electron chi connectivity index (χ2n) is 8.29. The first kappa shape index (κ1) is 18.5. The first-order chi connectivity index (χ1) is 13.0. The van der Waals surface area contributed by atoms with Gasteiger partial charge in [0.15, 0.2) is 5.69 Å². The number of hydrogen-bond donors (Lipinski definition) is 1. The molecule has 7 heteroatoms. The van der Waals surface area contributed by atoms with Crippen LogP contribution < -0.4 is 0 Å². The molecule has 27 heavy (non-hydrogen) atoms. The van der Waals surface area contributed by atoms with Gasteiger partial charge in [-0.15, -0.1) is 0 Å². The largest absolute Gasteiger partial charge is 0.369 e. The summed E-state index contributed by atoms with van der Waals surface area (Å²) in [6, 6.07) is 0. The highest BCUT2D eigenvalue weighted by molar-refractivity contribution is 5.94. The minimum atomic E-state index is -0.0504. The van der Waals surface area contributed by atoms with E-state index in [1.165, 1.54) is 0 Å². The van der Waals surface area contributed by atoms with Crippen molar-refractivity contribution in [3.8, 4) is 0 Å². The Morgan fingerprint density at radius 3 is 2.74 bits per heavy atom. The first-order valence-corrected chi connectivity index (χ1v) is 10.3. The molecule has 1 aromatic heterocycles. The van der Waals surface area contributed by atoms with Crippen LogP contribution in [0, 0.1) is 5.92 Å². The molecular weight excluding hydrogens is 344 g/mol. The van der Waals surface area contributed by atoms with Crippen LogP contribution in [0.15, 0.2) is 0 Å². The Labute approximate surface area is 160 Å². The molecule has 2 amide bonds. The monoisotopic (exact) mass is 374 g/mol. The molecule has 2 saturated heterocycles. The smallest absolute Gasteiger partial charge is 0.274 e. The summed E-state index contributed by atoms with van der Waals surface area (Å²) in [6.45, 7) is 7.27. The maximum atomic E-state index is 13.0. The fourth-order valence-corrected chi connectivity index (χ4v) is 4.69. The Bertz CT molecular complexity index is 708. The van der Waals surface area contributed by atoms with Crippen LogP contribution in [0.2, 0.25) is 0 Å². The number of aromatic nitrogens is 2. The Hall–Kier alpha value is -1.89. The van der Waals surface area contributed by atoms with E-state index < -0.39 is 0 Å². The predicted octanol–water partition coefficient (Wildman–Crippen LogP) is 2.30. The summed E-state index contributed by atoms with van der Waals surface area (Å²) < 4.78 is 5.82. The number of likely N-dealkylation sites (tertiary alicyclic amines) is 2. The van der Waals surface area contributed by atoms with Crippen LogP contribution in [0.25, 0.3) is 0 Å². The van der Waals surface area contributed by atoms with Crippen LogP contribution in [-0.4, -0.2) is 64.1 Å². The SMILES string of the molecule is C[C@@H]1Cc2c(C(=O)N3CCC(CN4CCCCC4=O)CC3)n[nH]c2[C@H](C)O1. The van der Waals surface area contributed by atoms with Gasteiger partial charge in [0.1, 0.15) is 0 Å². The van der Waals surface area contributed by atoms with Gasteiger partial charge in [0.2, 0.25) is 5.91 Å². The van der Waals surface area contributed by atoms with Crippen LogP contribution >= 0.6 is 0 Å². The molecule has 4 rings (SSSR count). The Morgan fingerprint density at radius 1 is 1.22 bits per heavy atom. The topological polar surface area (TPSA) is 78.5 Å². The quantitative estimate of drug-likeness (QED) is 0.880. The normalized spacial score (nSPS) is 27.0. The summed E-state index contributed by atoms with van der Waals surface area (Å²) in [4.78, 5) is 29.0. The number of carbonyl (C=O) groups is 2. The highest BCUT2D eigenvalue weighted by Gasteiger charge is 2.33. The highest BCUT2D eigenvalue weighted by atomic mass is 16.5. The van der Waals surface area contributed by atoms with Crippen molar-refractivity contribution < 1.29 is 14.3 Å². The van der Waals surface area contributed by atoms with Gasteiger partial charge in [-0.25, -0.2) is 0 Å². The third kappa shape index (κ3) is 3.74. The number of hydrogen-bond acceptors (Lipinski definition) is 4. The number of amides is 2. The average molecular weight is 374 g/mol. The van der Waals surface area contributed by atoms with E-state index in [1.807, 2.05) is 23.6 Å². The summed E-state index contributed by atoms with van der Waals surface area (Å²) in [5, 5.41) is 7.35. The van der Waals surface area contributed by atoms with Crippen molar-refractivity contribution in [1.29, 1.82) is 0 Å². The van der Waals surface area contributed by atoms with Crippen molar-refractivity contribution in [3.63, 3.8) is 0 Å². The van der Waals surface area contributed by atoms with Gasteiger partial charge in [0, 0.05) is 44.6 Å². The predicted molar refractivity (Wildman–Crippen MR) is 100 cm³/mol. The zero-order valence-corrected chi connectivity index (χ0v) is 16.4. The molecule has 2 atom stereocenters. The molecule has 3 aliphatic rings. The summed E-state index contributed by atoms with van der Waals surface area (Å²) >= 11 is 0. The summed E-state index contributed by atoms with van der Waals surface area (Å²) in [6.07, 6.45) is 5.53. The average Bonchev–Trinajstić information content (AvgIpc) is 3.08. The van der Waals surface area contributed by atoms with Crippen LogP contribution in [0.5, 0.6) is 0 Å². The van der Waals surface area contributed by atoms with Crippen LogP contribution in [0.1, 0.15) is 73.8 Å². The molecule has 0 radical (unpaired) electrons. The lowest BCUT2D eigenvalue weighted by atomic mass is 9.94. The van der Waals surface area contributed by atoms with Gasteiger partial charge < -0.3 is 14.5 Å². The van der Waals surface area contributed by atoms with Crippen LogP contribution in [-0.2, 0) is 16.0 Å². The molecule has 1 aromatic rings. The maximum absolute atomic E-state index is 13.0. The standard InChI is InChI=1S/C20H30N4O3/c1-13-11-16-18(14(2)27-13)21-22-19(16)20(26)23-9-6-15(7-10-23)12-24-8-4-3-5-17(24)25/h13-15H,3-12H2,1-2H3,(H,21,22)/t13-,14+/m1/s1. The van der Waals surface area contributed by atoms with E-state index in [1.54, 1.807) is 0 Å². The molecule has 0 bridgehead atoms. The number of H-pyrrole nitrogens is 1. The van der Waals surface area contributed by atoms with Gasteiger partial charge >= 0.3 is 0 Å². The molecule has 0 unspecified atom stereocenters. The number of rotatable bonds is 3. The number of aromatic amines is 1. The van der Waals surface area contributed by atoms with Crippen molar-refractivity contribution >= 4 is 11.8 Å². The highest BCUT2D eigenvalue weighted by Crippen LogP contribution is 2.31. The number of piperidine rings is 2. The van der Waals surface area contributed by atoms with Crippen molar-refractivity contribution in [1.82, 2.24) is 20.0 Å². The zero-order chi connectivity index (χ0) is 19.0. The fraction of sp³-hybridized carbons (Fsp3) is 0.750. The number of fused-ring (bicyclic) bond motifs is 1. The van der Waals surface area contributed by atoms with E-state index in [-0.39, 0.29) is 18.1 Å². The molecule has 3 aliphatic heterocycles. The molecule has 7 nitrogen and oxygen atoms in total. The Morgan fingerprint density at radius 2 is 2.00 bits per heavy atom. The van der Waals surface area contributed by atoms with E-state index >= 15 is 0 Å². The minimum Gasteiger partial charge on any atom is -0.369 e. The summed E-state index contributed by atoms with van der Waals surface area (Å²) in [5.74, 6) is 0.826. The maximum Gasteiger partial charge on any atom is 0.274 e. The van der Waals surface area contributed by atoms with E-state index in [0.29, 0.717) is 23.9 Å². The van der Waals surface area contributed by atoms with Gasteiger partial charge in [-0.05, 0) is 45.4 Å². The molecule has 0 aromatic carbocycles. The van der Waals surface area contributed by atoms with Crippen LogP contribution in [0.4, 0.5) is 0 Å². The van der Waals surface area contributed by atoms with E-state index in [0.717, 1.165) is 69.5 Å². The first-order valence-electron chi connectivity index (χ1n) is 10.3. The second-order valence-corrected chi connectivity index (χ2v) is 8.29. The van der Waals surface area contributed by atoms with Crippen LogP contribution in [0.3, 0.4) is 0 Å². The van der Waals surface area contributed by atoms with Gasteiger partial charge in [0.25, 0.3) is 5.91 Å². The minimum absolute atomic E-state index is 0.0290. The molecule has 148 valence electrons. The lowest BCUT2D eigenvalue weighted by Gasteiger charge is -2.36. The summed E-state index contributed by atoms with van der Waals surface area (Å²) in [5.41, 5.74) is 2.53. The van der Waals surface area contributed by atoms with Crippen molar-refractivity contribution in [3.05, 3.63) is 17.0 Å². The Balaban J connectivity index is 1.36. The molecule has 0 spiro atoms. The van der Waals surface area contributed by atoms with Crippen molar-refractivity contribution in [2.24, 2.45) is 5.92 Å². The van der Waals surface area contributed by atoms with E-state index in [4.69, 9.17) is 4.74 Å². The Kier molecular flexibility index (Phi) is 5.21. The fourth-order valence-electron chi connectivity index (χ4n) is 4.69. The third-order valence-corrected chi connectivity index (χ3v) is 6.24. The van der Waals surface area contributed by atoms with Crippen molar-refractivity contribution in [2.45, 2.75) is 64.6 Å². The molecule has 0 saturated carbocycles. The molecular formula is C20H30N4O3. The molecule has 0 aliphatic carbocycles. The van der Waals surface area contributed by atoms with Gasteiger partial charge in [-0.2, -0.15) is 5.10 Å². The summed E-state index contributed by atoms with van der Waals surface area (Å²) in [7, 11) is 0. The molecule has 2 fully saturated rings. The van der Waals surface area contributed by atoms with E-state index in [2.05, 4.69) is 10.2 Å².